The van der Waals surface area contributed by atoms with Crippen LogP contribution in [-0.4, -0.2) is 5.91 Å². The summed E-state index contributed by atoms with van der Waals surface area (Å²) >= 11 is 6.78. The molecule has 0 radical (unpaired) electrons. The number of hydrogen-bond donors (Lipinski definition) is 1. The summed E-state index contributed by atoms with van der Waals surface area (Å²) in [5, 5.41) is 2.92. The van der Waals surface area contributed by atoms with Crippen molar-refractivity contribution in [3.05, 3.63) is 62.5 Å². The Balaban J connectivity index is 2.12. The SMILES string of the molecule is CCC(C)c1ccc(NC(=O)c2cc(Br)cc(Br)c2)cc1. The number of benzene rings is 2. The van der Waals surface area contributed by atoms with Crippen molar-refractivity contribution in [3.63, 3.8) is 0 Å². The zero-order valence-electron chi connectivity index (χ0n) is 12.0. The first-order valence-electron chi connectivity index (χ1n) is 6.87. The second-order valence-corrected chi connectivity index (χ2v) is 6.87. The van der Waals surface area contributed by atoms with Crippen LogP contribution in [0.2, 0.25) is 0 Å². The van der Waals surface area contributed by atoms with E-state index in [1.54, 1.807) is 12.1 Å². The Hall–Kier alpha value is -1.13. The third-order valence-electron chi connectivity index (χ3n) is 3.47. The van der Waals surface area contributed by atoms with Gasteiger partial charge in [0, 0.05) is 20.2 Å². The van der Waals surface area contributed by atoms with Gasteiger partial charge in [-0.2, -0.15) is 0 Å². The molecule has 2 aromatic carbocycles. The van der Waals surface area contributed by atoms with Gasteiger partial charge in [-0.1, -0.05) is 57.8 Å². The van der Waals surface area contributed by atoms with Crippen LogP contribution in [0.5, 0.6) is 0 Å². The molecule has 2 nitrogen and oxygen atoms in total. The summed E-state index contributed by atoms with van der Waals surface area (Å²) in [4.78, 5) is 12.2. The van der Waals surface area contributed by atoms with Crippen LogP contribution in [0, 0.1) is 0 Å². The highest BCUT2D eigenvalue weighted by Crippen LogP contribution is 2.23. The molecule has 0 aliphatic heterocycles. The van der Waals surface area contributed by atoms with Crippen molar-refractivity contribution in [1.82, 2.24) is 0 Å². The number of rotatable bonds is 4. The van der Waals surface area contributed by atoms with Crippen LogP contribution in [-0.2, 0) is 0 Å². The maximum atomic E-state index is 12.2. The van der Waals surface area contributed by atoms with Crippen molar-refractivity contribution in [3.8, 4) is 0 Å². The molecule has 4 heteroatoms. The molecular weight excluding hydrogens is 394 g/mol. The first-order valence-corrected chi connectivity index (χ1v) is 8.45. The summed E-state index contributed by atoms with van der Waals surface area (Å²) in [6.07, 6.45) is 1.11. The van der Waals surface area contributed by atoms with Crippen LogP contribution in [0.3, 0.4) is 0 Å². The molecule has 0 aliphatic carbocycles. The monoisotopic (exact) mass is 409 g/mol. The first kappa shape index (κ1) is 16.2. The molecule has 1 atom stereocenters. The molecule has 0 aromatic heterocycles. The standard InChI is InChI=1S/C17H17Br2NO/c1-3-11(2)12-4-6-16(7-5-12)20-17(21)13-8-14(18)10-15(19)9-13/h4-11H,3H2,1-2H3,(H,20,21). The van der Waals surface area contributed by atoms with E-state index in [1.165, 1.54) is 5.56 Å². The third kappa shape index (κ3) is 4.42. The number of carbonyl (C=O) groups is 1. The number of halogens is 2. The average Bonchev–Trinajstić information content (AvgIpc) is 2.46. The van der Waals surface area contributed by atoms with Gasteiger partial charge in [-0.05, 0) is 48.2 Å². The lowest BCUT2D eigenvalue weighted by Gasteiger charge is -2.11. The Morgan fingerprint density at radius 3 is 2.19 bits per heavy atom. The maximum absolute atomic E-state index is 12.2. The third-order valence-corrected chi connectivity index (χ3v) is 4.39. The Morgan fingerprint density at radius 2 is 1.67 bits per heavy atom. The second kappa shape index (κ2) is 7.23. The minimum absolute atomic E-state index is 0.117. The number of anilines is 1. The van der Waals surface area contributed by atoms with Gasteiger partial charge < -0.3 is 5.32 Å². The van der Waals surface area contributed by atoms with Crippen LogP contribution in [0.4, 0.5) is 5.69 Å². The topological polar surface area (TPSA) is 29.1 Å². The quantitative estimate of drug-likeness (QED) is 0.660. The fourth-order valence-corrected chi connectivity index (χ4v) is 3.31. The Labute approximate surface area is 142 Å². The zero-order valence-corrected chi connectivity index (χ0v) is 15.2. The van der Waals surface area contributed by atoms with E-state index in [1.807, 2.05) is 18.2 Å². The Bertz CT molecular complexity index is 617. The van der Waals surface area contributed by atoms with Crippen LogP contribution >= 0.6 is 31.9 Å². The lowest BCUT2D eigenvalue weighted by atomic mass is 9.98. The van der Waals surface area contributed by atoms with Crippen molar-refractivity contribution in [2.45, 2.75) is 26.2 Å². The molecule has 0 aliphatic rings. The number of carbonyl (C=O) groups excluding carboxylic acids is 1. The fraction of sp³-hybridized carbons (Fsp3) is 0.235. The predicted molar refractivity (Wildman–Crippen MR) is 94.9 cm³/mol. The van der Waals surface area contributed by atoms with Gasteiger partial charge in [0.2, 0.25) is 0 Å². The molecular formula is C17H17Br2NO. The van der Waals surface area contributed by atoms with Gasteiger partial charge in [0.05, 0.1) is 0 Å². The summed E-state index contributed by atoms with van der Waals surface area (Å²) in [5.74, 6) is 0.420. The molecule has 0 fully saturated rings. The number of hydrogen-bond acceptors (Lipinski definition) is 1. The minimum atomic E-state index is -0.117. The molecule has 110 valence electrons. The van der Waals surface area contributed by atoms with Crippen LogP contribution in [0.25, 0.3) is 0 Å². The number of amides is 1. The van der Waals surface area contributed by atoms with Crippen molar-refractivity contribution in [2.75, 3.05) is 5.32 Å². The lowest BCUT2D eigenvalue weighted by molar-refractivity contribution is 0.102. The van der Waals surface area contributed by atoms with E-state index in [4.69, 9.17) is 0 Å². The average molecular weight is 411 g/mol. The minimum Gasteiger partial charge on any atom is -0.322 e. The summed E-state index contributed by atoms with van der Waals surface area (Å²) in [5.41, 5.74) is 2.71. The van der Waals surface area contributed by atoms with E-state index in [9.17, 15) is 4.79 Å². The van der Waals surface area contributed by atoms with Gasteiger partial charge in [-0.3, -0.25) is 4.79 Å². The van der Waals surface area contributed by atoms with E-state index in [0.29, 0.717) is 11.5 Å². The first-order chi connectivity index (χ1) is 9.99. The molecule has 0 spiro atoms. The largest absolute Gasteiger partial charge is 0.322 e. The van der Waals surface area contributed by atoms with E-state index in [2.05, 4.69) is 63.2 Å². The van der Waals surface area contributed by atoms with Crippen molar-refractivity contribution >= 4 is 43.5 Å². The van der Waals surface area contributed by atoms with Gasteiger partial charge in [0.15, 0.2) is 0 Å². The molecule has 0 heterocycles. The highest BCUT2D eigenvalue weighted by molar-refractivity contribution is 9.11. The molecule has 2 aromatic rings. The Kier molecular flexibility index (Phi) is 5.59. The van der Waals surface area contributed by atoms with Gasteiger partial charge in [-0.15, -0.1) is 0 Å². The normalized spacial score (nSPS) is 12.0. The summed E-state index contributed by atoms with van der Waals surface area (Å²) in [7, 11) is 0. The maximum Gasteiger partial charge on any atom is 0.255 e. The van der Waals surface area contributed by atoms with E-state index >= 15 is 0 Å². The van der Waals surface area contributed by atoms with Crippen LogP contribution in [0.15, 0.2) is 51.4 Å². The van der Waals surface area contributed by atoms with Crippen LogP contribution in [0.1, 0.15) is 42.1 Å². The highest BCUT2D eigenvalue weighted by Gasteiger charge is 2.09. The van der Waals surface area contributed by atoms with Gasteiger partial charge in [0.25, 0.3) is 5.91 Å². The second-order valence-electron chi connectivity index (χ2n) is 5.04. The van der Waals surface area contributed by atoms with Gasteiger partial charge >= 0.3 is 0 Å². The van der Waals surface area contributed by atoms with E-state index < -0.39 is 0 Å². The van der Waals surface area contributed by atoms with E-state index in [-0.39, 0.29) is 5.91 Å². The number of nitrogens with one attached hydrogen (secondary N) is 1. The molecule has 1 N–H and O–H groups in total. The highest BCUT2D eigenvalue weighted by atomic mass is 79.9. The Morgan fingerprint density at radius 1 is 1.10 bits per heavy atom. The smallest absolute Gasteiger partial charge is 0.255 e. The molecule has 0 saturated carbocycles. The molecule has 1 amide bonds. The zero-order chi connectivity index (χ0) is 15.4. The van der Waals surface area contributed by atoms with Gasteiger partial charge in [0.1, 0.15) is 0 Å². The lowest BCUT2D eigenvalue weighted by Crippen LogP contribution is -2.12. The van der Waals surface area contributed by atoms with E-state index in [0.717, 1.165) is 21.1 Å². The van der Waals surface area contributed by atoms with Crippen LogP contribution < -0.4 is 5.32 Å². The molecule has 0 bridgehead atoms. The van der Waals surface area contributed by atoms with Crippen molar-refractivity contribution < 1.29 is 4.79 Å². The molecule has 0 saturated heterocycles. The van der Waals surface area contributed by atoms with Crippen molar-refractivity contribution in [1.29, 1.82) is 0 Å². The molecule has 2 rings (SSSR count). The fourth-order valence-electron chi connectivity index (χ4n) is 2.02. The van der Waals surface area contributed by atoms with Crippen molar-refractivity contribution in [2.24, 2.45) is 0 Å². The molecule has 21 heavy (non-hydrogen) atoms. The summed E-state index contributed by atoms with van der Waals surface area (Å²) in [6, 6.07) is 13.5. The van der Waals surface area contributed by atoms with Gasteiger partial charge in [-0.25, -0.2) is 0 Å². The molecule has 1 unspecified atom stereocenters. The summed E-state index contributed by atoms with van der Waals surface area (Å²) in [6.45, 7) is 4.37. The summed E-state index contributed by atoms with van der Waals surface area (Å²) < 4.78 is 1.74. The predicted octanol–water partition coefficient (Wildman–Crippen LogP) is 5.98.